The SMILES string of the molecule is Cc1ccccc1C(=O)N(CN1CCCC1=O)c1cccc(Cl)c1. The van der Waals surface area contributed by atoms with Crippen LogP contribution >= 0.6 is 11.6 Å². The molecule has 3 rings (SSSR count). The van der Waals surface area contributed by atoms with Crippen LogP contribution in [0.3, 0.4) is 0 Å². The topological polar surface area (TPSA) is 40.6 Å². The number of hydrogen-bond acceptors (Lipinski definition) is 2. The zero-order chi connectivity index (χ0) is 17.1. The molecule has 1 aliphatic heterocycles. The number of likely N-dealkylation sites (tertiary alicyclic amines) is 1. The van der Waals surface area contributed by atoms with Gasteiger partial charge < -0.3 is 4.90 Å². The molecule has 1 fully saturated rings. The number of carbonyl (C=O) groups is 2. The number of carbonyl (C=O) groups excluding carboxylic acids is 2. The van der Waals surface area contributed by atoms with E-state index >= 15 is 0 Å². The number of hydrogen-bond donors (Lipinski definition) is 0. The number of benzene rings is 2. The van der Waals surface area contributed by atoms with Gasteiger partial charge in [0.05, 0.1) is 0 Å². The van der Waals surface area contributed by atoms with Gasteiger partial charge in [0.2, 0.25) is 5.91 Å². The highest BCUT2D eigenvalue weighted by Gasteiger charge is 2.27. The van der Waals surface area contributed by atoms with Crippen LogP contribution in [0.5, 0.6) is 0 Å². The van der Waals surface area contributed by atoms with Crippen molar-refractivity contribution in [2.24, 2.45) is 0 Å². The van der Waals surface area contributed by atoms with E-state index in [2.05, 4.69) is 0 Å². The Hall–Kier alpha value is -2.33. The molecule has 2 aromatic carbocycles. The van der Waals surface area contributed by atoms with Crippen LogP contribution in [-0.2, 0) is 4.79 Å². The van der Waals surface area contributed by atoms with Gasteiger partial charge in [0.1, 0.15) is 6.67 Å². The third-order valence-corrected chi connectivity index (χ3v) is 4.46. The van der Waals surface area contributed by atoms with Crippen LogP contribution in [0.4, 0.5) is 5.69 Å². The Morgan fingerprint density at radius 1 is 1.21 bits per heavy atom. The van der Waals surface area contributed by atoms with Crippen molar-refractivity contribution < 1.29 is 9.59 Å². The van der Waals surface area contributed by atoms with Crippen LogP contribution < -0.4 is 4.90 Å². The zero-order valence-electron chi connectivity index (χ0n) is 13.5. The standard InChI is InChI=1S/C19H19ClN2O2/c1-14-6-2-3-9-17(14)19(24)22(13-21-11-5-10-18(21)23)16-8-4-7-15(20)12-16/h2-4,6-9,12H,5,10-11,13H2,1H3. The molecule has 0 radical (unpaired) electrons. The minimum atomic E-state index is -0.130. The Bertz CT molecular complexity index is 775. The van der Waals surface area contributed by atoms with Crippen LogP contribution in [0, 0.1) is 6.92 Å². The van der Waals surface area contributed by atoms with Gasteiger partial charge in [-0.1, -0.05) is 35.9 Å². The molecule has 1 heterocycles. The fourth-order valence-corrected chi connectivity index (χ4v) is 3.07. The second-order valence-corrected chi connectivity index (χ2v) is 6.37. The van der Waals surface area contributed by atoms with Crippen LogP contribution in [0.2, 0.25) is 5.02 Å². The highest BCUT2D eigenvalue weighted by molar-refractivity contribution is 6.31. The maximum atomic E-state index is 13.1. The second kappa shape index (κ2) is 7.05. The Kier molecular flexibility index (Phi) is 4.86. The molecule has 0 atom stereocenters. The summed E-state index contributed by atoms with van der Waals surface area (Å²) in [4.78, 5) is 28.5. The molecular weight excluding hydrogens is 324 g/mol. The molecule has 0 aromatic heterocycles. The number of anilines is 1. The first-order valence-electron chi connectivity index (χ1n) is 7.97. The molecule has 2 amide bonds. The molecule has 2 aromatic rings. The number of amides is 2. The number of nitrogens with zero attached hydrogens (tertiary/aromatic N) is 2. The Morgan fingerprint density at radius 3 is 2.67 bits per heavy atom. The first-order chi connectivity index (χ1) is 11.6. The largest absolute Gasteiger partial charge is 0.324 e. The third-order valence-electron chi connectivity index (χ3n) is 4.22. The highest BCUT2D eigenvalue weighted by atomic mass is 35.5. The lowest BCUT2D eigenvalue weighted by molar-refractivity contribution is -0.127. The van der Waals surface area contributed by atoms with Crippen LogP contribution in [0.15, 0.2) is 48.5 Å². The summed E-state index contributed by atoms with van der Waals surface area (Å²) >= 11 is 6.10. The van der Waals surface area contributed by atoms with Crippen molar-refractivity contribution in [3.63, 3.8) is 0 Å². The molecule has 0 spiro atoms. The molecule has 4 nitrogen and oxygen atoms in total. The van der Waals surface area contributed by atoms with E-state index < -0.39 is 0 Å². The van der Waals surface area contributed by atoms with Crippen LogP contribution in [-0.4, -0.2) is 29.9 Å². The van der Waals surface area contributed by atoms with Gasteiger partial charge >= 0.3 is 0 Å². The summed E-state index contributed by atoms with van der Waals surface area (Å²) in [7, 11) is 0. The quantitative estimate of drug-likeness (QED) is 0.846. The molecule has 0 unspecified atom stereocenters. The molecule has 124 valence electrons. The van der Waals surface area contributed by atoms with Crippen molar-refractivity contribution in [3.05, 3.63) is 64.7 Å². The van der Waals surface area contributed by atoms with E-state index in [9.17, 15) is 9.59 Å². The average Bonchev–Trinajstić information content (AvgIpc) is 2.97. The number of aryl methyl sites for hydroxylation is 1. The van der Waals surface area contributed by atoms with Crippen molar-refractivity contribution in [2.75, 3.05) is 18.1 Å². The molecule has 24 heavy (non-hydrogen) atoms. The third kappa shape index (κ3) is 3.44. The van der Waals surface area contributed by atoms with Gasteiger partial charge in [0.25, 0.3) is 5.91 Å². The smallest absolute Gasteiger partial charge is 0.260 e. The summed E-state index contributed by atoms with van der Waals surface area (Å²) in [6.07, 6.45) is 1.38. The highest BCUT2D eigenvalue weighted by Crippen LogP contribution is 2.24. The van der Waals surface area contributed by atoms with E-state index in [1.807, 2.05) is 37.3 Å². The summed E-state index contributed by atoms with van der Waals surface area (Å²) in [6.45, 7) is 2.83. The van der Waals surface area contributed by atoms with Crippen molar-refractivity contribution in [2.45, 2.75) is 19.8 Å². The Balaban J connectivity index is 1.96. The van der Waals surface area contributed by atoms with Gasteiger partial charge in [-0.2, -0.15) is 0 Å². The van der Waals surface area contributed by atoms with Gasteiger partial charge in [-0.15, -0.1) is 0 Å². The van der Waals surface area contributed by atoms with Gasteiger partial charge in [0.15, 0.2) is 0 Å². The molecule has 5 heteroatoms. The molecule has 0 saturated carbocycles. The molecule has 1 saturated heterocycles. The summed E-state index contributed by atoms with van der Waals surface area (Å²) in [5, 5.41) is 0.558. The molecular formula is C19H19ClN2O2. The van der Waals surface area contributed by atoms with Crippen molar-refractivity contribution in [1.29, 1.82) is 0 Å². The van der Waals surface area contributed by atoms with Crippen molar-refractivity contribution in [1.82, 2.24) is 4.90 Å². The average molecular weight is 343 g/mol. The lowest BCUT2D eigenvalue weighted by Crippen LogP contribution is -2.42. The van der Waals surface area contributed by atoms with Crippen molar-refractivity contribution >= 4 is 29.1 Å². The first-order valence-corrected chi connectivity index (χ1v) is 8.35. The molecule has 0 N–H and O–H groups in total. The number of halogens is 1. The van der Waals surface area contributed by atoms with E-state index in [1.165, 1.54) is 0 Å². The number of rotatable bonds is 4. The predicted octanol–water partition coefficient (Wildman–Crippen LogP) is 3.88. The van der Waals surface area contributed by atoms with E-state index in [0.29, 0.717) is 29.2 Å². The molecule has 1 aliphatic rings. The lowest BCUT2D eigenvalue weighted by atomic mass is 10.1. The zero-order valence-corrected chi connectivity index (χ0v) is 14.3. The maximum Gasteiger partial charge on any atom is 0.260 e. The summed E-state index contributed by atoms with van der Waals surface area (Å²) < 4.78 is 0. The summed E-state index contributed by atoms with van der Waals surface area (Å²) in [5.74, 6) is -0.0466. The summed E-state index contributed by atoms with van der Waals surface area (Å²) in [6, 6.07) is 14.6. The minimum absolute atomic E-state index is 0.0830. The van der Waals surface area contributed by atoms with E-state index in [-0.39, 0.29) is 18.5 Å². The minimum Gasteiger partial charge on any atom is -0.324 e. The van der Waals surface area contributed by atoms with E-state index in [4.69, 9.17) is 11.6 Å². The van der Waals surface area contributed by atoms with Crippen molar-refractivity contribution in [3.8, 4) is 0 Å². The Morgan fingerprint density at radius 2 is 2.00 bits per heavy atom. The fourth-order valence-electron chi connectivity index (χ4n) is 2.89. The van der Waals surface area contributed by atoms with Gasteiger partial charge in [-0.3, -0.25) is 14.5 Å². The van der Waals surface area contributed by atoms with Gasteiger partial charge in [-0.05, 0) is 43.2 Å². The molecule has 0 aliphatic carbocycles. The van der Waals surface area contributed by atoms with Crippen LogP contribution in [0.25, 0.3) is 0 Å². The monoisotopic (exact) mass is 342 g/mol. The van der Waals surface area contributed by atoms with Gasteiger partial charge in [-0.25, -0.2) is 0 Å². The van der Waals surface area contributed by atoms with E-state index in [1.54, 1.807) is 28.0 Å². The second-order valence-electron chi connectivity index (χ2n) is 5.93. The van der Waals surface area contributed by atoms with E-state index in [0.717, 1.165) is 12.0 Å². The maximum absolute atomic E-state index is 13.1. The summed E-state index contributed by atoms with van der Waals surface area (Å²) in [5.41, 5.74) is 2.22. The van der Waals surface area contributed by atoms with Crippen LogP contribution in [0.1, 0.15) is 28.8 Å². The normalized spacial score (nSPS) is 14.1. The fraction of sp³-hybridized carbons (Fsp3) is 0.263. The lowest BCUT2D eigenvalue weighted by Gasteiger charge is -2.28. The molecule has 0 bridgehead atoms. The predicted molar refractivity (Wildman–Crippen MR) is 95.3 cm³/mol. The van der Waals surface area contributed by atoms with Gasteiger partial charge in [0, 0.05) is 29.2 Å². The Labute approximate surface area is 146 Å². The first kappa shape index (κ1) is 16.5.